The van der Waals surface area contributed by atoms with Gasteiger partial charge in [-0.2, -0.15) is 0 Å². The SMILES string of the molecule is COc1ccc(-c2oc3c(O)cc(O)cc3c(=O)c2O)cc1. The van der Waals surface area contributed by atoms with Crippen LogP contribution in [-0.4, -0.2) is 22.4 Å². The molecule has 6 nitrogen and oxygen atoms in total. The zero-order valence-electron chi connectivity index (χ0n) is 11.5. The Morgan fingerprint density at radius 2 is 1.73 bits per heavy atom. The summed E-state index contributed by atoms with van der Waals surface area (Å²) in [6.07, 6.45) is 0. The Morgan fingerprint density at radius 1 is 1.05 bits per heavy atom. The summed E-state index contributed by atoms with van der Waals surface area (Å²) in [6.45, 7) is 0. The van der Waals surface area contributed by atoms with Crippen LogP contribution in [0.3, 0.4) is 0 Å². The monoisotopic (exact) mass is 300 g/mol. The summed E-state index contributed by atoms with van der Waals surface area (Å²) >= 11 is 0. The summed E-state index contributed by atoms with van der Waals surface area (Å²) in [5.41, 5.74) is -0.394. The van der Waals surface area contributed by atoms with Crippen molar-refractivity contribution in [3.63, 3.8) is 0 Å². The van der Waals surface area contributed by atoms with Crippen molar-refractivity contribution in [2.75, 3.05) is 7.11 Å². The van der Waals surface area contributed by atoms with Gasteiger partial charge in [-0.15, -0.1) is 0 Å². The van der Waals surface area contributed by atoms with Crippen molar-refractivity contribution in [3.05, 3.63) is 46.6 Å². The molecule has 0 saturated heterocycles. The molecule has 0 aliphatic heterocycles. The number of phenolic OH excluding ortho intramolecular Hbond substituents is 2. The molecule has 0 bridgehead atoms. The maximum absolute atomic E-state index is 12.2. The Balaban J connectivity index is 2.30. The van der Waals surface area contributed by atoms with Crippen LogP contribution in [0.25, 0.3) is 22.3 Å². The molecule has 3 N–H and O–H groups in total. The molecule has 0 atom stereocenters. The fraction of sp³-hybridized carbons (Fsp3) is 0.0625. The van der Waals surface area contributed by atoms with Gasteiger partial charge in [-0.3, -0.25) is 4.79 Å². The van der Waals surface area contributed by atoms with E-state index in [0.29, 0.717) is 11.3 Å². The molecule has 6 heteroatoms. The molecule has 0 radical (unpaired) electrons. The second-order valence-corrected chi connectivity index (χ2v) is 4.68. The van der Waals surface area contributed by atoms with Crippen molar-refractivity contribution < 1.29 is 24.5 Å². The lowest BCUT2D eigenvalue weighted by atomic mass is 10.1. The Bertz CT molecular complexity index is 909. The number of fused-ring (bicyclic) bond motifs is 1. The first kappa shape index (κ1) is 13.8. The van der Waals surface area contributed by atoms with Crippen LogP contribution < -0.4 is 10.2 Å². The number of rotatable bonds is 2. The number of phenols is 2. The first-order chi connectivity index (χ1) is 10.5. The summed E-state index contributed by atoms with van der Waals surface area (Å²) in [5, 5.41) is 29.2. The standard InChI is InChI=1S/C16H12O6/c1-21-10-4-2-8(3-5-10)15-14(20)13(19)11-6-9(17)7-12(18)16(11)22-15/h2-7,17-18,20H,1H3. The lowest BCUT2D eigenvalue weighted by molar-refractivity contribution is 0.414. The summed E-state index contributed by atoms with van der Waals surface area (Å²) in [4.78, 5) is 12.2. The molecule has 3 aromatic rings. The third-order valence-electron chi connectivity index (χ3n) is 3.29. The molecule has 0 fully saturated rings. The fourth-order valence-corrected chi connectivity index (χ4v) is 2.19. The highest BCUT2D eigenvalue weighted by Crippen LogP contribution is 2.35. The van der Waals surface area contributed by atoms with Crippen LogP contribution in [-0.2, 0) is 0 Å². The summed E-state index contributed by atoms with van der Waals surface area (Å²) in [5.74, 6) is -0.737. The van der Waals surface area contributed by atoms with Crippen molar-refractivity contribution in [2.24, 2.45) is 0 Å². The quantitative estimate of drug-likeness (QED) is 0.672. The van der Waals surface area contributed by atoms with E-state index in [1.807, 2.05) is 0 Å². The van der Waals surface area contributed by atoms with Crippen LogP contribution in [0.5, 0.6) is 23.0 Å². The summed E-state index contributed by atoms with van der Waals surface area (Å²) in [6, 6.07) is 8.70. The van der Waals surface area contributed by atoms with Crippen molar-refractivity contribution in [1.82, 2.24) is 0 Å². The minimum Gasteiger partial charge on any atom is -0.508 e. The van der Waals surface area contributed by atoms with Crippen LogP contribution in [0.4, 0.5) is 0 Å². The van der Waals surface area contributed by atoms with Gasteiger partial charge in [-0.25, -0.2) is 0 Å². The predicted molar refractivity (Wildman–Crippen MR) is 79.5 cm³/mol. The number of hydrogen-bond donors (Lipinski definition) is 3. The molecule has 0 aliphatic rings. The lowest BCUT2D eigenvalue weighted by Crippen LogP contribution is -2.02. The molecular weight excluding hydrogens is 288 g/mol. The Hall–Kier alpha value is -3.15. The molecule has 3 rings (SSSR count). The van der Waals surface area contributed by atoms with Gasteiger partial charge >= 0.3 is 0 Å². The first-order valence-electron chi connectivity index (χ1n) is 6.37. The van der Waals surface area contributed by atoms with Crippen molar-refractivity contribution in [1.29, 1.82) is 0 Å². The second-order valence-electron chi connectivity index (χ2n) is 4.68. The van der Waals surface area contributed by atoms with E-state index in [4.69, 9.17) is 9.15 Å². The van der Waals surface area contributed by atoms with Crippen LogP contribution in [0.15, 0.2) is 45.6 Å². The van der Waals surface area contributed by atoms with Gasteiger partial charge in [0.05, 0.1) is 12.5 Å². The lowest BCUT2D eigenvalue weighted by Gasteiger charge is -2.08. The Morgan fingerprint density at radius 3 is 2.36 bits per heavy atom. The smallest absolute Gasteiger partial charge is 0.235 e. The largest absolute Gasteiger partial charge is 0.508 e. The zero-order valence-corrected chi connectivity index (χ0v) is 11.5. The minimum absolute atomic E-state index is 0.0684. The minimum atomic E-state index is -0.738. The van der Waals surface area contributed by atoms with Crippen molar-refractivity contribution in [2.45, 2.75) is 0 Å². The highest BCUT2D eigenvalue weighted by atomic mass is 16.5. The van der Waals surface area contributed by atoms with Crippen LogP contribution in [0, 0.1) is 0 Å². The van der Waals surface area contributed by atoms with E-state index in [1.54, 1.807) is 24.3 Å². The number of aromatic hydroxyl groups is 3. The van der Waals surface area contributed by atoms with Gasteiger partial charge in [-0.05, 0) is 30.3 Å². The van der Waals surface area contributed by atoms with Crippen LogP contribution >= 0.6 is 0 Å². The Labute approximate surface area is 124 Å². The molecule has 1 heterocycles. The topological polar surface area (TPSA) is 100 Å². The van der Waals surface area contributed by atoms with Gasteiger partial charge in [0, 0.05) is 11.6 Å². The second kappa shape index (κ2) is 5.00. The fourth-order valence-electron chi connectivity index (χ4n) is 2.19. The predicted octanol–water partition coefficient (Wildman–Crippen LogP) is 2.59. The maximum Gasteiger partial charge on any atom is 0.235 e. The highest BCUT2D eigenvalue weighted by Gasteiger charge is 2.18. The number of ether oxygens (including phenoxy) is 1. The molecule has 0 saturated carbocycles. The van der Waals surface area contributed by atoms with Crippen molar-refractivity contribution >= 4 is 11.0 Å². The van der Waals surface area contributed by atoms with Gasteiger partial charge < -0.3 is 24.5 Å². The van der Waals surface area contributed by atoms with Gasteiger partial charge in [0.15, 0.2) is 17.1 Å². The molecule has 0 unspecified atom stereocenters. The third-order valence-corrected chi connectivity index (χ3v) is 3.29. The van der Waals surface area contributed by atoms with Gasteiger partial charge in [0.2, 0.25) is 11.2 Å². The van der Waals surface area contributed by atoms with Gasteiger partial charge in [-0.1, -0.05) is 0 Å². The van der Waals surface area contributed by atoms with E-state index in [0.717, 1.165) is 12.1 Å². The normalized spacial score (nSPS) is 10.8. The Kier molecular flexibility index (Phi) is 3.14. The van der Waals surface area contributed by atoms with Crippen molar-refractivity contribution in [3.8, 4) is 34.3 Å². The highest BCUT2D eigenvalue weighted by molar-refractivity contribution is 5.87. The number of hydrogen-bond acceptors (Lipinski definition) is 6. The van der Waals surface area contributed by atoms with E-state index >= 15 is 0 Å². The van der Waals surface area contributed by atoms with E-state index in [9.17, 15) is 20.1 Å². The number of benzene rings is 2. The molecular formula is C16H12O6. The summed E-state index contributed by atoms with van der Waals surface area (Å²) in [7, 11) is 1.52. The molecule has 0 spiro atoms. The van der Waals surface area contributed by atoms with Gasteiger partial charge in [0.25, 0.3) is 0 Å². The van der Waals surface area contributed by atoms with Crippen LogP contribution in [0.2, 0.25) is 0 Å². The molecule has 1 aromatic heterocycles. The van der Waals surface area contributed by atoms with E-state index in [2.05, 4.69) is 0 Å². The maximum atomic E-state index is 12.2. The van der Waals surface area contributed by atoms with E-state index in [-0.39, 0.29) is 28.2 Å². The first-order valence-corrected chi connectivity index (χ1v) is 6.37. The third kappa shape index (κ3) is 2.10. The molecule has 0 amide bonds. The average molecular weight is 300 g/mol. The average Bonchev–Trinajstić information content (AvgIpc) is 2.51. The van der Waals surface area contributed by atoms with E-state index < -0.39 is 11.2 Å². The molecule has 112 valence electrons. The molecule has 22 heavy (non-hydrogen) atoms. The van der Waals surface area contributed by atoms with Crippen LogP contribution in [0.1, 0.15) is 0 Å². The number of methoxy groups -OCH3 is 1. The summed E-state index contributed by atoms with van der Waals surface area (Å²) < 4.78 is 10.5. The molecule has 2 aromatic carbocycles. The molecule has 0 aliphatic carbocycles. The van der Waals surface area contributed by atoms with Gasteiger partial charge in [0.1, 0.15) is 11.5 Å². The zero-order chi connectivity index (χ0) is 15.9. The van der Waals surface area contributed by atoms with E-state index in [1.165, 1.54) is 7.11 Å².